The SMILES string of the molecule is CC(C)CCN(C1CC1)S(=O)(=O)c1ccc(C#N)cc1Cl. The highest BCUT2D eigenvalue weighted by molar-refractivity contribution is 7.89. The minimum Gasteiger partial charge on any atom is -0.207 e. The normalized spacial score (nSPS) is 15.4. The molecule has 6 heteroatoms. The summed E-state index contributed by atoms with van der Waals surface area (Å²) in [5.74, 6) is 0.442. The molecular weight excluding hydrogens is 308 g/mol. The van der Waals surface area contributed by atoms with Gasteiger partial charge >= 0.3 is 0 Å². The lowest BCUT2D eigenvalue weighted by atomic mass is 10.1. The third-order valence-electron chi connectivity index (χ3n) is 3.53. The van der Waals surface area contributed by atoms with Crippen molar-refractivity contribution in [1.82, 2.24) is 4.31 Å². The average molecular weight is 327 g/mol. The Labute approximate surface area is 131 Å². The number of nitriles is 1. The van der Waals surface area contributed by atoms with E-state index in [2.05, 4.69) is 13.8 Å². The Balaban J connectivity index is 2.32. The molecule has 1 aromatic rings. The van der Waals surface area contributed by atoms with Crippen molar-refractivity contribution in [2.75, 3.05) is 6.54 Å². The number of benzene rings is 1. The quantitative estimate of drug-likeness (QED) is 0.804. The highest BCUT2D eigenvalue weighted by Crippen LogP contribution is 2.34. The molecule has 1 fully saturated rings. The zero-order chi connectivity index (χ0) is 15.6. The maximum absolute atomic E-state index is 12.8. The molecule has 0 unspecified atom stereocenters. The first-order valence-corrected chi connectivity index (χ1v) is 8.89. The summed E-state index contributed by atoms with van der Waals surface area (Å²) in [5, 5.41) is 8.95. The van der Waals surface area contributed by atoms with E-state index in [9.17, 15) is 8.42 Å². The molecule has 0 bridgehead atoms. The third-order valence-corrected chi connectivity index (χ3v) is 5.96. The molecule has 1 aromatic carbocycles. The molecule has 1 aliphatic rings. The van der Waals surface area contributed by atoms with E-state index < -0.39 is 10.0 Å². The minimum atomic E-state index is -3.60. The average Bonchev–Trinajstić information content (AvgIpc) is 3.22. The molecule has 0 saturated heterocycles. The van der Waals surface area contributed by atoms with Crippen molar-refractivity contribution in [3.63, 3.8) is 0 Å². The third kappa shape index (κ3) is 3.76. The van der Waals surface area contributed by atoms with E-state index in [1.807, 2.05) is 6.07 Å². The second-order valence-corrected chi connectivity index (χ2v) is 8.05. The summed E-state index contributed by atoms with van der Waals surface area (Å²) < 4.78 is 27.2. The zero-order valence-corrected chi connectivity index (χ0v) is 13.8. The summed E-state index contributed by atoms with van der Waals surface area (Å²) >= 11 is 6.07. The standard InChI is InChI=1S/C15H19ClN2O2S/c1-11(2)7-8-18(13-4-5-13)21(19,20)15-6-3-12(10-17)9-14(15)16/h3,6,9,11,13H,4-5,7-8H2,1-2H3. The van der Waals surface area contributed by atoms with Crippen LogP contribution < -0.4 is 0 Å². The van der Waals surface area contributed by atoms with Crippen LogP contribution in [0.25, 0.3) is 0 Å². The predicted octanol–water partition coefficient (Wildman–Crippen LogP) is 3.41. The smallest absolute Gasteiger partial charge is 0.207 e. The van der Waals surface area contributed by atoms with Crippen LogP contribution in [0.3, 0.4) is 0 Å². The molecule has 0 aliphatic heterocycles. The van der Waals surface area contributed by atoms with Gasteiger partial charge in [0.1, 0.15) is 4.90 Å². The Kier molecular flexibility index (Phi) is 4.92. The Morgan fingerprint density at radius 2 is 2.10 bits per heavy atom. The van der Waals surface area contributed by atoms with Crippen molar-refractivity contribution >= 4 is 21.6 Å². The van der Waals surface area contributed by atoms with Gasteiger partial charge in [-0.3, -0.25) is 0 Å². The maximum Gasteiger partial charge on any atom is 0.244 e. The topological polar surface area (TPSA) is 61.2 Å². The van der Waals surface area contributed by atoms with Gasteiger partial charge in [-0.05, 0) is 43.4 Å². The fraction of sp³-hybridized carbons (Fsp3) is 0.533. The largest absolute Gasteiger partial charge is 0.244 e. The monoisotopic (exact) mass is 326 g/mol. The van der Waals surface area contributed by atoms with E-state index in [4.69, 9.17) is 16.9 Å². The number of sulfonamides is 1. The summed E-state index contributed by atoms with van der Waals surface area (Å²) in [6.45, 7) is 4.67. The highest BCUT2D eigenvalue weighted by atomic mass is 35.5. The number of rotatable bonds is 6. The molecule has 0 N–H and O–H groups in total. The Hall–Kier alpha value is -1.09. The molecule has 4 nitrogen and oxygen atoms in total. The van der Waals surface area contributed by atoms with Crippen molar-refractivity contribution < 1.29 is 8.42 Å². The van der Waals surface area contributed by atoms with Gasteiger partial charge in [0.05, 0.1) is 16.7 Å². The first-order valence-electron chi connectivity index (χ1n) is 7.07. The van der Waals surface area contributed by atoms with E-state index in [-0.39, 0.29) is 16.0 Å². The van der Waals surface area contributed by atoms with Crippen LogP contribution in [0.5, 0.6) is 0 Å². The Morgan fingerprint density at radius 1 is 1.43 bits per heavy atom. The van der Waals surface area contributed by atoms with Crippen LogP contribution in [0.4, 0.5) is 0 Å². The zero-order valence-electron chi connectivity index (χ0n) is 12.2. The molecule has 0 heterocycles. The summed E-state index contributed by atoms with van der Waals surface area (Å²) in [6.07, 6.45) is 2.64. The molecule has 114 valence electrons. The molecule has 2 rings (SSSR count). The highest BCUT2D eigenvalue weighted by Gasteiger charge is 2.38. The van der Waals surface area contributed by atoms with Crippen LogP contribution >= 0.6 is 11.6 Å². The summed E-state index contributed by atoms with van der Waals surface area (Å²) in [7, 11) is -3.60. The summed E-state index contributed by atoms with van der Waals surface area (Å²) in [5.41, 5.74) is 0.360. The van der Waals surface area contributed by atoms with Gasteiger partial charge in [-0.1, -0.05) is 25.4 Å². The molecule has 0 atom stereocenters. The van der Waals surface area contributed by atoms with E-state index in [1.165, 1.54) is 18.2 Å². The van der Waals surface area contributed by atoms with E-state index >= 15 is 0 Å². The molecule has 0 aromatic heterocycles. The van der Waals surface area contributed by atoms with Crippen molar-refractivity contribution in [2.45, 2.75) is 44.0 Å². The first kappa shape index (κ1) is 16.3. The summed E-state index contributed by atoms with van der Waals surface area (Å²) in [4.78, 5) is 0.0961. The molecule has 1 saturated carbocycles. The van der Waals surface area contributed by atoms with E-state index in [0.29, 0.717) is 18.0 Å². The van der Waals surface area contributed by atoms with Gasteiger partial charge in [-0.2, -0.15) is 9.57 Å². The van der Waals surface area contributed by atoms with Crippen LogP contribution in [0, 0.1) is 17.2 Å². The van der Waals surface area contributed by atoms with Crippen molar-refractivity contribution in [3.05, 3.63) is 28.8 Å². The Bertz CT molecular complexity index is 661. The second-order valence-electron chi connectivity index (χ2n) is 5.79. The van der Waals surface area contributed by atoms with Gasteiger partial charge in [-0.25, -0.2) is 8.42 Å². The molecule has 21 heavy (non-hydrogen) atoms. The van der Waals surface area contributed by atoms with Gasteiger partial charge < -0.3 is 0 Å². The summed E-state index contributed by atoms with van der Waals surface area (Å²) in [6, 6.07) is 6.38. The van der Waals surface area contributed by atoms with Crippen LogP contribution in [0.15, 0.2) is 23.1 Å². The van der Waals surface area contributed by atoms with Crippen molar-refractivity contribution in [2.24, 2.45) is 5.92 Å². The lowest BCUT2D eigenvalue weighted by Crippen LogP contribution is -2.34. The molecule has 0 spiro atoms. The lowest BCUT2D eigenvalue weighted by molar-refractivity contribution is 0.373. The van der Waals surface area contributed by atoms with Crippen LogP contribution in [0.2, 0.25) is 5.02 Å². The lowest BCUT2D eigenvalue weighted by Gasteiger charge is -2.23. The predicted molar refractivity (Wildman–Crippen MR) is 82.5 cm³/mol. The van der Waals surface area contributed by atoms with Gasteiger partial charge in [0.15, 0.2) is 0 Å². The molecule has 0 amide bonds. The van der Waals surface area contributed by atoms with Gasteiger partial charge in [-0.15, -0.1) is 0 Å². The van der Waals surface area contributed by atoms with Crippen molar-refractivity contribution in [3.8, 4) is 6.07 Å². The van der Waals surface area contributed by atoms with E-state index in [0.717, 1.165) is 19.3 Å². The maximum atomic E-state index is 12.8. The van der Waals surface area contributed by atoms with E-state index in [1.54, 1.807) is 4.31 Å². The van der Waals surface area contributed by atoms with Crippen LogP contribution in [-0.2, 0) is 10.0 Å². The fourth-order valence-corrected chi connectivity index (χ4v) is 4.37. The molecule has 1 aliphatic carbocycles. The van der Waals surface area contributed by atoms with Crippen LogP contribution in [-0.4, -0.2) is 25.3 Å². The van der Waals surface area contributed by atoms with Crippen molar-refractivity contribution in [1.29, 1.82) is 5.26 Å². The number of nitrogens with zero attached hydrogens (tertiary/aromatic N) is 2. The second kappa shape index (κ2) is 6.35. The number of halogens is 1. The molecular formula is C15H19ClN2O2S. The first-order chi connectivity index (χ1) is 9.86. The van der Waals surface area contributed by atoms with Crippen LogP contribution in [0.1, 0.15) is 38.7 Å². The Morgan fingerprint density at radius 3 is 2.57 bits per heavy atom. The minimum absolute atomic E-state index is 0.0961. The fourth-order valence-electron chi connectivity index (χ4n) is 2.15. The van der Waals surface area contributed by atoms with Gasteiger partial charge in [0, 0.05) is 12.6 Å². The van der Waals surface area contributed by atoms with Gasteiger partial charge in [0.2, 0.25) is 10.0 Å². The number of hydrogen-bond donors (Lipinski definition) is 0. The molecule has 0 radical (unpaired) electrons. The van der Waals surface area contributed by atoms with Gasteiger partial charge in [0.25, 0.3) is 0 Å². The number of hydrogen-bond acceptors (Lipinski definition) is 3.